The standard InChI is InChI=1S/C24H22O3/c1-27-23(26)21-20(17-11-5-2-6-12-17)24(21,19-15-9-4-10-16-19)22(25)18-13-7-3-8-14-18/h2-16,20-22,25H,1H3/t20-,21+,22-,24-/m1/s1. The van der Waals surface area contributed by atoms with Gasteiger partial charge >= 0.3 is 5.97 Å². The van der Waals surface area contributed by atoms with Crippen LogP contribution in [0.1, 0.15) is 28.7 Å². The maximum absolute atomic E-state index is 12.7. The minimum absolute atomic E-state index is 0.149. The largest absolute Gasteiger partial charge is 0.469 e. The first-order valence-corrected chi connectivity index (χ1v) is 9.12. The van der Waals surface area contributed by atoms with Crippen LogP contribution >= 0.6 is 0 Å². The Bertz CT molecular complexity index is 908. The number of esters is 1. The Hall–Kier alpha value is -2.91. The molecule has 4 rings (SSSR count). The van der Waals surface area contributed by atoms with Gasteiger partial charge in [-0.1, -0.05) is 91.0 Å². The van der Waals surface area contributed by atoms with Crippen molar-refractivity contribution in [2.45, 2.75) is 17.4 Å². The summed E-state index contributed by atoms with van der Waals surface area (Å²) in [7, 11) is 1.41. The number of benzene rings is 3. The van der Waals surface area contributed by atoms with Gasteiger partial charge < -0.3 is 9.84 Å². The lowest BCUT2D eigenvalue weighted by Crippen LogP contribution is -2.25. The zero-order valence-electron chi connectivity index (χ0n) is 15.2. The molecule has 0 heterocycles. The molecule has 3 aromatic rings. The second-order valence-electron chi connectivity index (χ2n) is 7.00. The third-order valence-corrected chi connectivity index (χ3v) is 5.71. The highest BCUT2D eigenvalue weighted by atomic mass is 16.5. The van der Waals surface area contributed by atoms with E-state index in [4.69, 9.17) is 4.74 Å². The lowest BCUT2D eigenvalue weighted by molar-refractivity contribution is -0.143. The average Bonchev–Trinajstić information content (AvgIpc) is 3.46. The fourth-order valence-corrected chi connectivity index (χ4v) is 4.49. The van der Waals surface area contributed by atoms with E-state index in [0.717, 1.165) is 16.7 Å². The zero-order valence-corrected chi connectivity index (χ0v) is 15.2. The van der Waals surface area contributed by atoms with Gasteiger partial charge in [0.25, 0.3) is 0 Å². The molecule has 136 valence electrons. The summed E-state index contributed by atoms with van der Waals surface area (Å²) < 4.78 is 5.14. The summed E-state index contributed by atoms with van der Waals surface area (Å²) >= 11 is 0. The minimum Gasteiger partial charge on any atom is -0.469 e. The third-order valence-electron chi connectivity index (χ3n) is 5.71. The fraction of sp³-hybridized carbons (Fsp3) is 0.208. The number of hydrogen-bond donors (Lipinski definition) is 1. The lowest BCUT2D eigenvalue weighted by atomic mass is 9.81. The van der Waals surface area contributed by atoms with Gasteiger partial charge in [0.2, 0.25) is 0 Å². The molecule has 3 aromatic carbocycles. The van der Waals surface area contributed by atoms with Gasteiger partial charge in [0.05, 0.1) is 19.1 Å². The van der Waals surface area contributed by atoms with Crippen LogP contribution in [0.3, 0.4) is 0 Å². The van der Waals surface area contributed by atoms with Crippen LogP contribution in [0.2, 0.25) is 0 Å². The number of rotatable bonds is 5. The van der Waals surface area contributed by atoms with E-state index in [1.807, 2.05) is 91.0 Å². The number of aliphatic hydroxyl groups excluding tert-OH is 1. The van der Waals surface area contributed by atoms with Crippen LogP contribution in [0, 0.1) is 5.92 Å². The van der Waals surface area contributed by atoms with Gasteiger partial charge in [-0.25, -0.2) is 0 Å². The van der Waals surface area contributed by atoms with E-state index in [9.17, 15) is 9.90 Å². The van der Waals surface area contributed by atoms with Crippen molar-refractivity contribution >= 4 is 5.97 Å². The second kappa shape index (κ2) is 7.01. The molecule has 1 aliphatic carbocycles. The van der Waals surface area contributed by atoms with Gasteiger partial charge in [-0.3, -0.25) is 4.79 Å². The van der Waals surface area contributed by atoms with E-state index in [2.05, 4.69) is 0 Å². The minimum atomic E-state index is -0.824. The molecule has 0 bridgehead atoms. The number of carbonyl (C=O) groups is 1. The molecule has 0 radical (unpaired) electrons. The smallest absolute Gasteiger partial charge is 0.310 e. The Balaban J connectivity index is 1.91. The lowest BCUT2D eigenvalue weighted by Gasteiger charge is -2.26. The van der Waals surface area contributed by atoms with Crippen LogP contribution in [-0.4, -0.2) is 18.2 Å². The van der Waals surface area contributed by atoms with Crippen molar-refractivity contribution in [3.63, 3.8) is 0 Å². The van der Waals surface area contributed by atoms with E-state index in [-0.39, 0.29) is 11.9 Å². The van der Waals surface area contributed by atoms with Crippen molar-refractivity contribution in [1.82, 2.24) is 0 Å². The molecule has 1 fully saturated rings. The van der Waals surface area contributed by atoms with Gasteiger partial charge in [-0.2, -0.15) is 0 Å². The predicted octanol–water partition coefficient (Wildman–Crippen LogP) is 4.24. The molecular formula is C24H22O3. The van der Waals surface area contributed by atoms with E-state index in [1.165, 1.54) is 7.11 Å². The number of hydrogen-bond acceptors (Lipinski definition) is 3. The van der Waals surface area contributed by atoms with Gasteiger partial charge in [-0.15, -0.1) is 0 Å². The van der Waals surface area contributed by atoms with Crippen LogP contribution in [0.4, 0.5) is 0 Å². The number of aliphatic hydroxyl groups is 1. The molecule has 3 heteroatoms. The molecule has 0 aliphatic heterocycles. The molecule has 27 heavy (non-hydrogen) atoms. The Morgan fingerprint density at radius 3 is 1.96 bits per heavy atom. The molecule has 3 nitrogen and oxygen atoms in total. The molecule has 4 atom stereocenters. The van der Waals surface area contributed by atoms with Gasteiger partial charge in [0, 0.05) is 11.3 Å². The van der Waals surface area contributed by atoms with Gasteiger partial charge in [0.1, 0.15) is 0 Å². The van der Waals surface area contributed by atoms with Crippen molar-refractivity contribution < 1.29 is 14.6 Å². The SMILES string of the molecule is COC(=O)[C@@H]1[C@@H](c2ccccc2)[C@@]1(c1ccccc1)[C@H](O)c1ccccc1. The maximum atomic E-state index is 12.7. The van der Waals surface area contributed by atoms with Crippen molar-refractivity contribution in [1.29, 1.82) is 0 Å². The van der Waals surface area contributed by atoms with Crippen LogP contribution < -0.4 is 0 Å². The molecule has 1 saturated carbocycles. The van der Waals surface area contributed by atoms with E-state index < -0.39 is 17.4 Å². The van der Waals surface area contributed by atoms with Gasteiger partial charge in [0.15, 0.2) is 0 Å². The average molecular weight is 358 g/mol. The van der Waals surface area contributed by atoms with Crippen molar-refractivity contribution in [2.75, 3.05) is 7.11 Å². The fourth-order valence-electron chi connectivity index (χ4n) is 4.49. The maximum Gasteiger partial charge on any atom is 0.310 e. The van der Waals surface area contributed by atoms with Crippen LogP contribution in [-0.2, 0) is 14.9 Å². The van der Waals surface area contributed by atoms with Crippen LogP contribution in [0.5, 0.6) is 0 Å². The summed E-state index contributed by atoms with van der Waals surface area (Å²) in [5, 5.41) is 11.5. The highest BCUT2D eigenvalue weighted by molar-refractivity contribution is 5.83. The summed E-state index contributed by atoms with van der Waals surface area (Å²) in [6, 6.07) is 29.3. The summed E-state index contributed by atoms with van der Waals surface area (Å²) in [4.78, 5) is 12.7. The number of ether oxygens (including phenoxy) is 1. The molecule has 0 amide bonds. The van der Waals surface area contributed by atoms with E-state index in [1.54, 1.807) is 0 Å². The topological polar surface area (TPSA) is 46.5 Å². The first-order valence-electron chi connectivity index (χ1n) is 9.12. The Morgan fingerprint density at radius 2 is 1.41 bits per heavy atom. The van der Waals surface area contributed by atoms with E-state index in [0.29, 0.717) is 0 Å². The van der Waals surface area contributed by atoms with Crippen molar-refractivity contribution in [3.05, 3.63) is 108 Å². The highest BCUT2D eigenvalue weighted by Gasteiger charge is 2.73. The molecule has 1 aliphatic rings. The third kappa shape index (κ3) is 2.75. The second-order valence-corrected chi connectivity index (χ2v) is 7.00. The van der Waals surface area contributed by atoms with Gasteiger partial charge in [-0.05, 0) is 16.7 Å². The summed E-state index contributed by atoms with van der Waals surface area (Å²) in [5.74, 6) is -0.881. The van der Waals surface area contributed by atoms with Crippen molar-refractivity contribution in [2.24, 2.45) is 5.92 Å². The normalized spacial score (nSPS) is 24.8. The molecular weight excluding hydrogens is 336 g/mol. The molecule has 1 N–H and O–H groups in total. The highest BCUT2D eigenvalue weighted by Crippen LogP contribution is 2.71. The quantitative estimate of drug-likeness (QED) is 0.694. The summed E-state index contributed by atoms with van der Waals surface area (Å²) in [5.41, 5.74) is 2.03. The number of methoxy groups -OCH3 is 1. The Labute approximate surface area is 159 Å². The summed E-state index contributed by atoms with van der Waals surface area (Å²) in [6.07, 6.45) is -0.824. The first-order chi connectivity index (χ1) is 13.2. The molecule has 0 saturated heterocycles. The Kier molecular flexibility index (Phi) is 4.54. The summed E-state index contributed by atoms with van der Waals surface area (Å²) in [6.45, 7) is 0. The van der Waals surface area contributed by atoms with Crippen LogP contribution in [0.25, 0.3) is 0 Å². The molecule has 0 unspecified atom stereocenters. The van der Waals surface area contributed by atoms with E-state index >= 15 is 0 Å². The van der Waals surface area contributed by atoms with Crippen LogP contribution in [0.15, 0.2) is 91.0 Å². The Morgan fingerprint density at radius 1 is 0.889 bits per heavy atom. The predicted molar refractivity (Wildman–Crippen MR) is 104 cm³/mol. The molecule has 0 aromatic heterocycles. The van der Waals surface area contributed by atoms with Crippen molar-refractivity contribution in [3.8, 4) is 0 Å². The zero-order chi connectivity index (χ0) is 18.9. The number of carbonyl (C=O) groups excluding carboxylic acids is 1. The first kappa shape index (κ1) is 17.5. The molecule has 0 spiro atoms. The monoisotopic (exact) mass is 358 g/mol.